The van der Waals surface area contributed by atoms with Gasteiger partial charge in [-0.3, -0.25) is 4.79 Å². The minimum absolute atomic E-state index is 0.223. The first-order valence-electron chi connectivity index (χ1n) is 6.13. The first-order chi connectivity index (χ1) is 9.70. The molecule has 1 spiro atoms. The Morgan fingerprint density at radius 3 is 2.90 bits per heavy atom. The van der Waals surface area contributed by atoms with Crippen molar-refractivity contribution in [2.24, 2.45) is 0 Å². The highest BCUT2D eigenvalue weighted by molar-refractivity contribution is 8.03. The van der Waals surface area contributed by atoms with E-state index in [1.807, 2.05) is 6.07 Å². The van der Waals surface area contributed by atoms with Gasteiger partial charge >= 0.3 is 5.97 Å². The molecule has 3 aliphatic rings. The van der Waals surface area contributed by atoms with E-state index in [2.05, 4.69) is 0 Å². The largest absolute Gasteiger partial charge is 0.431 e. The Hall–Kier alpha value is -1.63. The molecule has 2 heterocycles. The maximum Gasteiger partial charge on any atom is 0.411 e. The van der Waals surface area contributed by atoms with Crippen LogP contribution in [0.15, 0.2) is 45.7 Å². The Labute approximate surface area is 118 Å². The third-order valence-electron chi connectivity index (χ3n) is 3.34. The van der Waals surface area contributed by atoms with Crippen molar-refractivity contribution < 1.29 is 23.7 Å². The first-order valence-corrected chi connectivity index (χ1v) is 6.94. The summed E-state index contributed by atoms with van der Waals surface area (Å²) in [6.07, 6.45) is 3.06. The van der Waals surface area contributed by atoms with E-state index in [-0.39, 0.29) is 5.83 Å². The standard InChI is InChI=1S/C14H9FO4S/c15-9-2-4-13-11(6-9)17-14(18-19-14)10-5-8(7-16)1-3-12(10)20-13/h1,3,5-7H,2,4H2. The van der Waals surface area contributed by atoms with Crippen LogP contribution in [0.5, 0.6) is 0 Å². The molecule has 1 fully saturated rings. The second kappa shape index (κ2) is 4.18. The van der Waals surface area contributed by atoms with Gasteiger partial charge in [0, 0.05) is 27.9 Å². The van der Waals surface area contributed by atoms with Crippen molar-refractivity contribution in [1.82, 2.24) is 0 Å². The molecule has 0 amide bonds. The molecule has 1 aromatic carbocycles. The van der Waals surface area contributed by atoms with Crippen LogP contribution in [-0.2, 0) is 20.5 Å². The van der Waals surface area contributed by atoms with Crippen LogP contribution in [0.3, 0.4) is 0 Å². The van der Waals surface area contributed by atoms with E-state index in [4.69, 9.17) is 14.5 Å². The highest BCUT2D eigenvalue weighted by Crippen LogP contribution is 2.53. The van der Waals surface area contributed by atoms with Crippen LogP contribution in [0, 0.1) is 0 Å². The highest BCUT2D eigenvalue weighted by atomic mass is 32.2. The topological polar surface area (TPSA) is 51.4 Å². The summed E-state index contributed by atoms with van der Waals surface area (Å²) < 4.78 is 19.1. The van der Waals surface area contributed by atoms with E-state index in [1.165, 1.54) is 17.8 Å². The lowest BCUT2D eigenvalue weighted by molar-refractivity contribution is -0.00955. The zero-order valence-corrected chi connectivity index (χ0v) is 11.0. The number of thioether (sulfide) groups is 1. The van der Waals surface area contributed by atoms with Gasteiger partial charge in [-0.25, -0.2) is 4.39 Å². The molecule has 4 rings (SSSR count). The fourth-order valence-electron chi connectivity index (χ4n) is 2.28. The van der Waals surface area contributed by atoms with E-state index < -0.39 is 5.97 Å². The lowest BCUT2D eigenvalue weighted by Crippen LogP contribution is -2.13. The van der Waals surface area contributed by atoms with Gasteiger partial charge < -0.3 is 4.74 Å². The smallest absolute Gasteiger partial charge is 0.411 e. The van der Waals surface area contributed by atoms with Crippen LogP contribution >= 0.6 is 11.8 Å². The molecule has 0 atom stereocenters. The maximum atomic E-state index is 13.4. The number of hydrogen-bond acceptors (Lipinski definition) is 5. The van der Waals surface area contributed by atoms with Crippen molar-refractivity contribution >= 4 is 18.0 Å². The summed E-state index contributed by atoms with van der Waals surface area (Å²) in [5.41, 5.74) is 1.14. The molecule has 4 nitrogen and oxygen atoms in total. The zero-order valence-electron chi connectivity index (χ0n) is 10.2. The summed E-state index contributed by atoms with van der Waals surface area (Å²) in [5, 5.41) is 0. The molecule has 0 radical (unpaired) electrons. The summed E-state index contributed by atoms with van der Waals surface area (Å²) in [6.45, 7) is 0. The third-order valence-corrected chi connectivity index (χ3v) is 4.56. The number of hydrogen-bond donors (Lipinski definition) is 0. The van der Waals surface area contributed by atoms with E-state index >= 15 is 0 Å². The molecule has 0 bridgehead atoms. The number of rotatable bonds is 1. The number of allylic oxidation sites excluding steroid dienone is 3. The van der Waals surface area contributed by atoms with Gasteiger partial charge in [-0.2, -0.15) is 0 Å². The number of fused-ring (bicyclic) bond motifs is 2. The quantitative estimate of drug-likeness (QED) is 0.450. The maximum absolute atomic E-state index is 13.4. The summed E-state index contributed by atoms with van der Waals surface area (Å²) >= 11 is 1.49. The first kappa shape index (κ1) is 12.1. The van der Waals surface area contributed by atoms with Gasteiger partial charge in [-0.05, 0) is 18.6 Å². The van der Waals surface area contributed by atoms with Gasteiger partial charge in [0.2, 0.25) is 0 Å². The molecule has 1 saturated heterocycles. The molecule has 0 unspecified atom stereocenters. The van der Waals surface area contributed by atoms with Crippen LogP contribution in [0.1, 0.15) is 28.8 Å². The van der Waals surface area contributed by atoms with Gasteiger partial charge in [-0.1, -0.05) is 17.8 Å². The van der Waals surface area contributed by atoms with E-state index in [0.29, 0.717) is 29.7 Å². The van der Waals surface area contributed by atoms with Crippen molar-refractivity contribution in [3.63, 3.8) is 0 Å². The average Bonchev–Trinajstić information content (AvgIpc) is 3.24. The summed E-state index contributed by atoms with van der Waals surface area (Å²) in [7, 11) is 0. The van der Waals surface area contributed by atoms with Crippen molar-refractivity contribution in [2.75, 3.05) is 0 Å². The summed E-state index contributed by atoms with van der Waals surface area (Å²) in [4.78, 5) is 22.7. The third kappa shape index (κ3) is 1.80. The fraction of sp³-hybridized carbons (Fsp3) is 0.214. The average molecular weight is 292 g/mol. The minimum atomic E-state index is -1.34. The molecule has 1 aliphatic carbocycles. The normalized spacial score (nSPS) is 22.4. The predicted molar refractivity (Wildman–Crippen MR) is 68.1 cm³/mol. The molecule has 6 heteroatoms. The van der Waals surface area contributed by atoms with Gasteiger partial charge in [0.05, 0.1) is 5.56 Å². The lowest BCUT2D eigenvalue weighted by Gasteiger charge is -2.14. The van der Waals surface area contributed by atoms with Crippen LogP contribution in [0.2, 0.25) is 0 Å². The molecule has 0 aromatic heterocycles. The second-order valence-corrected chi connectivity index (χ2v) is 5.82. The van der Waals surface area contributed by atoms with Gasteiger partial charge in [-0.15, -0.1) is 9.78 Å². The summed E-state index contributed by atoms with van der Waals surface area (Å²) in [5.74, 6) is -1.13. The zero-order chi connectivity index (χ0) is 13.7. The van der Waals surface area contributed by atoms with E-state index in [9.17, 15) is 9.18 Å². The molecular weight excluding hydrogens is 283 g/mol. The SMILES string of the molecule is O=Cc1ccc2c(c1)C1(OO1)OC1=C(CCC(F)=C1)S2. The number of halogens is 1. The van der Waals surface area contributed by atoms with E-state index in [0.717, 1.165) is 16.1 Å². The molecule has 2 aliphatic heterocycles. The van der Waals surface area contributed by atoms with E-state index in [1.54, 1.807) is 12.1 Å². The minimum Gasteiger partial charge on any atom is -0.431 e. The van der Waals surface area contributed by atoms with Gasteiger partial charge in [0.1, 0.15) is 17.9 Å². The molecular formula is C14H9FO4S. The molecule has 0 saturated carbocycles. The Kier molecular flexibility index (Phi) is 2.54. The summed E-state index contributed by atoms with van der Waals surface area (Å²) in [6, 6.07) is 5.21. The van der Waals surface area contributed by atoms with Crippen molar-refractivity contribution in [3.05, 3.63) is 51.9 Å². The van der Waals surface area contributed by atoms with Crippen LogP contribution < -0.4 is 0 Å². The van der Waals surface area contributed by atoms with Crippen LogP contribution in [0.4, 0.5) is 4.39 Å². The number of carbonyl (C=O) groups is 1. The van der Waals surface area contributed by atoms with Gasteiger partial charge in [0.15, 0.2) is 0 Å². The number of aldehydes is 1. The Morgan fingerprint density at radius 1 is 1.30 bits per heavy atom. The second-order valence-electron chi connectivity index (χ2n) is 4.68. The monoisotopic (exact) mass is 292 g/mol. The fourth-order valence-corrected chi connectivity index (χ4v) is 3.38. The highest BCUT2D eigenvalue weighted by Gasteiger charge is 2.58. The van der Waals surface area contributed by atoms with Crippen molar-refractivity contribution in [3.8, 4) is 0 Å². The molecule has 20 heavy (non-hydrogen) atoms. The predicted octanol–water partition coefficient (Wildman–Crippen LogP) is 3.55. The number of benzene rings is 1. The molecule has 0 N–H and O–H groups in total. The van der Waals surface area contributed by atoms with Crippen molar-refractivity contribution in [2.45, 2.75) is 23.7 Å². The molecule has 1 aromatic rings. The van der Waals surface area contributed by atoms with Crippen molar-refractivity contribution in [1.29, 1.82) is 0 Å². The number of ether oxygens (including phenoxy) is 1. The van der Waals surface area contributed by atoms with Crippen LogP contribution in [-0.4, -0.2) is 6.29 Å². The Morgan fingerprint density at radius 2 is 2.15 bits per heavy atom. The lowest BCUT2D eigenvalue weighted by atomic mass is 10.1. The van der Waals surface area contributed by atoms with Gasteiger partial charge in [0.25, 0.3) is 0 Å². The molecule has 102 valence electrons. The Balaban J connectivity index is 1.84. The number of carbonyl (C=O) groups excluding carboxylic acids is 1. The van der Waals surface area contributed by atoms with Crippen LogP contribution in [0.25, 0.3) is 0 Å². The Bertz CT molecular complexity index is 676.